The molecule has 1 N–H and O–H groups in total. The first kappa shape index (κ1) is 14.7. The van der Waals surface area contributed by atoms with Gasteiger partial charge in [-0.1, -0.05) is 25.1 Å². The maximum absolute atomic E-state index is 12.3. The molecule has 114 valence electrons. The smallest absolute Gasteiger partial charge is 0.271 e. The lowest BCUT2D eigenvalue weighted by atomic mass is 9.89. The Morgan fingerprint density at radius 3 is 2.77 bits per heavy atom. The van der Waals surface area contributed by atoms with Crippen LogP contribution < -0.4 is 5.32 Å². The fourth-order valence-electron chi connectivity index (χ4n) is 3.04. The van der Waals surface area contributed by atoms with Gasteiger partial charge in [-0.25, -0.2) is 4.98 Å². The number of aryl methyl sites for hydroxylation is 2. The molecule has 2 aromatic rings. The number of aromatic nitrogens is 2. The minimum absolute atomic E-state index is 0.0155. The molecule has 0 aliphatic heterocycles. The summed E-state index contributed by atoms with van der Waals surface area (Å²) in [6.07, 6.45) is 10.3. The highest BCUT2D eigenvalue weighted by Crippen LogP contribution is 2.26. The van der Waals surface area contributed by atoms with Crippen molar-refractivity contribution in [1.29, 1.82) is 0 Å². The summed E-state index contributed by atoms with van der Waals surface area (Å²) < 4.78 is 0. The fraction of sp³-hybridized carbons (Fsp3) is 0.389. The first-order valence-corrected chi connectivity index (χ1v) is 7.96. The van der Waals surface area contributed by atoms with Gasteiger partial charge in [0.25, 0.3) is 5.91 Å². The van der Waals surface area contributed by atoms with E-state index in [2.05, 4.69) is 40.4 Å². The highest BCUT2D eigenvalue weighted by atomic mass is 16.1. The molecule has 1 heterocycles. The number of nitrogens with one attached hydrogen (secondary N) is 1. The molecular formula is C18H21N3O. The molecule has 0 spiro atoms. The van der Waals surface area contributed by atoms with Crippen LogP contribution in [0.3, 0.4) is 0 Å². The second-order valence-corrected chi connectivity index (χ2v) is 5.76. The number of amides is 1. The quantitative estimate of drug-likeness (QED) is 0.942. The average Bonchev–Trinajstić information content (AvgIpc) is 2.59. The Labute approximate surface area is 131 Å². The molecule has 22 heavy (non-hydrogen) atoms. The van der Waals surface area contributed by atoms with Crippen molar-refractivity contribution < 1.29 is 4.79 Å². The molecule has 4 nitrogen and oxygen atoms in total. The molecular weight excluding hydrogens is 274 g/mol. The van der Waals surface area contributed by atoms with Crippen LogP contribution in [0.1, 0.15) is 59.4 Å². The fourth-order valence-corrected chi connectivity index (χ4v) is 3.04. The minimum atomic E-state index is -0.169. The van der Waals surface area contributed by atoms with E-state index in [9.17, 15) is 4.79 Å². The summed E-state index contributed by atoms with van der Waals surface area (Å²) in [6.45, 7) is 2.08. The number of hydrogen-bond acceptors (Lipinski definition) is 3. The first-order valence-electron chi connectivity index (χ1n) is 7.96. The number of benzene rings is 1. The van der Waals surface area contributed by atoms with Crippen LogP contribution in [0, 0.1) is 0 Å². The zero-order valence-electron chi connectivity index (χ0n) is 12.9. The number of carbonyl (C=O) groups is 1. The lowest BCUT2D eigenvalue weighted by molar-refractivity contribution is 0.0930. The van der Waals surface area contributed by atoms with Crippen molar-refractivity contribution in [3.63, 3.8) is 0 Å². The molecule has 0 saturated carbocycles. The van der Waals surface area contributed by atoms with E-state index in [1.807, 2.05) is 0 Å². The number of carbonyl (C=O) groups excluding carboxylic acids is 1. The Bertz CT molecular complexity index is 655. The lowest BCUT2D eigenvalue weighted by Crippen LogP contribution is -2.29. The van der Waals surface area contributed by atoms with Gasteiger partial charge in [0.2, 0.25) is 0 Å². The molecule has 1 unspecified atom stereocenters. The summed E-state index contributed by atoms with van der Waals surface area (Å²) in [4.78, 5) is 20.3. The monoisotopic (exact) mass is 295 g/mol. The molecule has 3 rings (SSSR count). The van der Waals surface area contributed by atoms with E-state index in [1.54, 1.807) is 6.20 Å². The molecule has 1 aromatic carbocycles. The van der Waals surface area contributed by atoms with Gasteiger partial charge in [-0.15, -0.1) is 0 Å². The Morgan fingerprint density at radius 1 is 1.23 bits per heavy atom. The standard InChI is InChI=1S/C18H21N3O/c1-2-16(21-18(22)17-12-19-9-10-20-17)15-8-7-13-5-3-4-6-14(13)11-15/h7-12,16H,2-6H2,1H3,(H,21,22). The van der Waals surface area contributed by atoms with Crippen LogP contribution in [0.25, 0.3) is 0 Å². The van der Waals surface area contributed by atoms with Crippen LogP contribution in [0.5, 0.6) is 0 Å². The summed E-state index contributed by atoms with van der Waals surface area (Å²) in [5.74, 6) is -0.169. The van der Waals surface area contributed by atoms with Crippen molar-refractivity contribution in [3.8, 4) is 0 Å². The molecule has 1 aromatic heterocycles. The average molecular weight is 295 g/mol. The van der Waals surface area contributed by atoms with Gasteiger partial charge in [0.05, 0.1) is 12.2 Å². The van der Waals surface area contributed by atoms with Gasteiger partial charge in [-0.2, -0.15) is 0 Å². The zero-order chi connectivity index (χ0) is 15.4. The van der Waals surface area contributed by atoms with Gasteiger partial charge in [0, 0.05) is 12.4 Å². The van der Waals surface area contributed by atoms with Crippen LogP contribution in [0.15, 0.2) is 36.8 Å². The van der Waals surface area contributed by atoms with Crippen LogP contribution in [-0.4, -0.2) is 15.9 Å². The van der Waals surface area contributed by atoms with Gasteiger partial charge in [0.15, 0.2) is 0 Å². The SMILES string of the molecule is CCC(NC(=O)c1cnccn1)c1ccc2c(c1)CCCC2. The summed E-state index contributed by atoms with van der Waals surface area (Å²) in [6, 6.07) is 6.65. The molecule has 1 aliphatic rings. The summed E-state index contributed by atoms with van der Waals surface area (Å²) in [7, 11) is 0. The molecule has 1 amide bonds. The maximum Gasteiger partial charge on any atom is 0.271 e. The maximum atomic E-state index is 12.3. The van der Waals surface area contributed by atoms with Crippen molar-refractivity contribution in [2.45, 2.75) is 45.1 Å². The van der Waals surface area contributed by atoms with E-state index in [-0.39, 0.29) is 11.9 Å². The first-order chi connectivity index (χ1) is 10.8. The minimum Gasteiger partial charge on any atom is -0.344 e. The number of nitrogens with zero attached hydrogens (tertiary/aromatic N) is 2. The Balaban J connectivity index is 1.78. The van der Waals surface area contributed by atoms with Crippen molar-refractivity contribution in [2.75, 3.05) is 0 Å². The molecule has 1 aliphatic carbocycles. The normalized spacial score (nSPS) is 15.0. The van der Waals surface area contributed by atoms with Gasteiger partial charge in [-0.3, -0.25) is 9.78 Å². The molecule has 0 fully saturated rings. The predicted octanol–water partition coefficient (Wildman–Crippen LogP) is 3.24. The van der Waals surface area contributed by atoms with E-state index in [0.29, 0.717) is 5.69 Å². The van der Waals surface area contributed by atoms with Crippen LogP contribution in [-0.2, 0) is 12.8 Å². The Morgan fingerprint density at radius 2 is 2.05 bits per heavy atom. The molecule has 0 bridgehead atoms. The van der Waals surface area contributed by atoms with E-state index in [1.165, 1.54) is 48.3 Å². The zero-order valence-corrected chi connectivity index (χ0v) is 12.9. The number of rotatable bonds is 4. The van der Waals surface area contributed by atoms with Gasteiger partial charge >= 0.3 is 0 Å². The second kappa shape index (κ2) is 6.69. The van der Waals surface area contributed by atoms with E-state index >= 15 is 0 Å². The van der Waals surface area contributed by atoms with Gasteiger partial charge in [0.1, 0.15) is 5.69 Å². The van der Waals surface area contributed by atoms with E-state index < -0.39 is 0 Å². The highest BCUT2D eigenvalue weighted by molar-refractivity contribution is 5.92. The molecule has 0 saturated heterocycles. The van der Waals surface area contributed by atoms with Crippen molar-refractivity contribution in [2.24, 2.45) is 0 Å². The highest BCUT2D eigenvalue weighted by Gasteiger charge is 2.17. The Kier molecular flexibility index (Phi) is 4.47. The van der Waals surface area contributed by atoms with Gasteiger partial charge in [-0.05, 0) is 48.8 Å². The third-order valence-electron chi connectivity index (χ3n) is 4.28. The van der Waals surface area contributed by atoms with Crippen molar-refractivity contribution in [3.05, 3.63) is 59.2 Å². The topological polar surface area (TPSA) is 54.9 Å². The van der Waals surface area contributed by atoms with E-state index in [0.717, 1.165) is 12.8 Å². The predicted molar refractivity (Wildman–Crippen MR) is 85.6 cm³/mol. The van der Waals surface area contributed by atoms with E-state index in [4.69, 9.17) is 0 Å². The largest absolute Gasteiger partial charge is 0.344 e. The number of fused-ring (bicyclic) bond motifs is 1. The number of hydrogen-bond donors (Lipinski definition) is 1. The lowest BCUT2D eigenvalue weighted by Gasteiger charge is -2.21. The van der Waals surface area contributed by atoms with Crippen molar-refractivity contribution >= 4 is 5.91 Å². The van der Waals surface area contributed by atoms with Crippen LogP contribution >= 0.6 is 0 Å². The summed E-state index contributed by atoms with van der Waals surface area (Å²) in [5, 5.41) is 3.06. The molecule has 4 heteroatoms. The third-order valence-corrected chi connectivity index (χ3v) is 4.28. The summed E-state index contributed by atoms with van der Waals surface area (Å²) >= 11 is 0. The third kappa shape index (κ3) is 3.16. The van der Waals surface area contributed by atoms with Crippen LogP contribution in [0.2, 0.25) is 0 Å². The second-order valence-electron chi connectivity index (χ2n) is 5.76. The molecule has 0 radical (unpaired) electrons. The van der Waals surface area contributed by atoms with Crippen LogP contribution in [0.4, 0.5) is 0 Å². The Hall–Kier alpha value is -2.23. The van der Waals surface area contributed by atoms with Gasteiger partial charge < -0.3 is 5.32 Å². The van der Waals surface area contributed by atoms with Crippen molar-refractivity contribution in [1.82, 2.24) is 15.3 Å². The molecule has 1 atom stereocenters. The summed E-state index contributed by atoms with van der Waals surface area (Å²) in [5.41, 5.74) is 4.44.